The molecule has 0 unspecified atom stereocenters. The standard InChI is InChI=1S/C18H18BrNOS/c1-20(13-14-7-10-16(22-2)11-8-14)18(21)12-9-15-5-3-4-6-17(15)19/h3-12H,13H2,1-2H3/b12-9+. The summed E-state index contributed by atoms with van der Waals surface area (Å²) >= 11 is 5.19. The molecular formula is C18H18BrNOS. The average Bonchev–Trinajstić information content (AvgIpc) is 2.54. The van der Waals surface area contributed by atoms with Crippen molar-refractivity contribution < 1.29 is 4.79 Å². The third-order valence-electron chi connectivity index (χ3n) is 3.27. The lowest BCUT2D eigenvalue weighted by atomic mass is 10.2. The van der Waals surface area contributed by atoms with Crippen LogP contribution in [-0.4, -0.2) is 24.1 Å². The lowest BCUT2D eigenvalue weighted by Gasteiger charge is -2.15. The lowest BCUT2D eigenvalue weighted by molar-refractivity contribution is -0.125. The number of rotatable bonds is 5. The van der Waals surface area contributed by atoms with Gasteiger partial charge in [-0.25, -0.2) is 0 Å². The van der Waals surface area contributed by atoms with Crippen LogP contribution in [0, 0.1) is 0 Å². The van der Waals surface area contributed by atoms with Gasteiger partial charge in [0.1, 0.15) is 0 Å². The summed E-state index contributed by atoms with van der Waals surface area (Å²) in [6, 6.07) is 16.1. The zero-order chi connectivity index (χ0) is 15.9. The third-order valence-corrected chi connectivity index (χ3v) is 4.73. The molecule has 0 N–H and O–H groups in total. The van der Waals surface area contributed by atoms with Crippen molar-refractivity contribution in [3.8, 4) is 0 Å². The van der Waals surface area contributed by atoms with Crippen molar-refractivity contribution in [1.29, 1.82) is 0 Å². The molecule has 2 rings (SSSR count). The minimum absolute atomic E-state index is 0.00954. The largest absolute Gasteiger partial charge is 0.338 e. The molecule has 0 aromatic heterocycles. The van der Waals surface area contributed by atoms with E-state index < -0.39 is 0 Å². The minimum Gasteiger partial charge on any atom is -0.338 e. The maximum absolute atomic E-state index is 12.2. The fourth-order valence-electron chi connectivity index (χ4n) is 1.98. The third kappa shape index (κ3) is 4.75. The summed E-state index contributed by atoms with van der Waals surface area (Å²) in [5, 5.41) is 0. The predicted molar refractivity (Wildman–Crippen MR) is 97.9 cm³/mol. The van der Waals surface area contributed by atoms with Gasteiger partial charge in [-0.1, -0.05) is 46.3 Å². The maximum atomic E-state index is 12.2. The molecular weight excluding hydrogens is 358 g/mol. The van der Waals surface area contributed by atoms with Crippen LogP contribution in [0.1, 0.15) is 11.1 Å². The van der Waals surface area contributed by atoms with Gasteiger partial charge in [-0.3, -0.25) is 4.79 Å². The van der Waals surface area contributed by atoms with E-state index in [-0.39, 0.29) is 5.91 Å². The van der Waals surface area contributed by atoms with Crippen LogP contribution in [0.15, 0.2) is 64.0 Å². The molecule has 0 aliphatic heterocycles. The van der Waals surface area contributed by atoms with Crippen molar-refractivity contribution in [2.75, 3.05) is 13.3 Å². The molecule has 0 saturated heterocycles. The SMILES string of the molecule is CSc1ccc(CN(C)C(=O)/C=C/c2ccccc2Br)cc1. The van der Waals surface area contributed by atoms with Gasteiger partial charge in [-0.15, -0.1) is 11.8 Å². The number of hydrogen-bond acceptors (Lipinski definition) is 2. The van der Waals surface area contributed by atoms with E-state index in [9.17, 15) is 4.79 Å². The number of benzene rings is 2. The molecule has 2 aromatic carbocycles. The second-order valence-corrected chi connectivity index (χ2v) is 6.63. The number of carbonyl (C=O) groups excluding carboxylic acids is 1. The molecule has 2 aromatic rings. The monoisotopic (exact) mass is 375 g/mol. The Hall–Kier alpha value is -1.52. The van der Waals surface area contributed by atoms with Crippen LogP contribution in [0.5, 0.6) is 0 Å². The normalized spacial score (nSPS) is 10.9. The number of halogens is 1. The molecule has 0 bridgehead atoms. The quantitative estimate of drug-likeness (QED) is 0.550. The van der Waals surface area contributed by atoms with Gasteiger partial charge in [0.05, 0.1) is 0 Å². The van der Waals surface area contributed by atoms with Crippen LogP contribution < -0.4 is 0 Å². The summed E-state index contributed by atoms with van der Waals surface area (Å²) in [7, 11) is 1.81. The van der Waals surface area contributed by atoms with Crippen molar-refractivity contribution in [3.05, 3.63) is 70.2 Å². The van der Waals surface area contributed by atoms with Gasteiger partial charge < -0.3 is 4.90 Å². The van der Waals surface area contributed by atoms with Gasteiger partial charge in [0, 0.05) is 29.0 Å². The number of thioether (sulfide) groups is 1. The highest BCUT2D eigenvalue weighted by atomic mass is 79.9. The number of hydrogen-bond donors (Lipinski definition) is 0. The number of amides is 1. The minimum atomic E-state index is -0.00954. The molecule has 0 radical (unpaired) electrons. The van der Waals surface area contributed by atoms with E-state index >= 15 is 0 Å². The molecule has 22 heavy (non-hydrogen) atoms. The average molecular weight is 376 g/mol. The van der Waals surface area contributed by atoms with Crippen molar-refractivity contribution >= 4 is 39.7 Å². The predicted octanol–water partition coefficient (Wildman–Crippen LogP) is 4.84. The summed E-state index contributed by atoms with van der Waals surface area (Å²) in [4.78, 5) is 15.1. The molecule has 0 fully saturated rings. The summed E-state index contributed by atoms with van der Waals surface area (Å²) in [6.07, 6.45) is 5.49. The van der Waals surface area contributed by atoms with Gasteiger partial charge in [0.2, 0.25) is 5.91 Å². The smallest absolute Gasteiger partial charge is 0.246 e. The van der Waals surface area contributed by atoms with Crippen LogP contribution in [0.25, 0.3) is 6.08 Å². The summed E-state index contributed by atoms with van der Waals surface area (Å²) in [5.74, 6) is -0.00954. The van der Waals surface area contributed by atoms with Crippen LogP contribution in [0.4, 0.5) is 0 Å². The van der Waals surface area contributed by atoms with E-state index in [0.717, 1.165) is 15.6 Å². The van der Waals surface area contributed by atoms with Gasteiger partial charge in [0.15, 0.2) is 0 Å². The molecule has 114 valence electrons. The highest BCUT2D eigenvalue weighted by Crippen LogP contribution is 2.18. The summed E-state index contributed by atoms with van der Waals surface area (Å²) in [6.45, 7) is 0.605. The first-order chi connectivity index (χ1) is 10.6. The van der Waals surface area contributed by atoms with Gasteiger partial charge in [0.25, 0.3) is 0 Å². The van der Waals surface area contributed by atoms with Gasteiger partial charge in [-0.2, -0.15) is 0 Å². The first-order valence-electron chi connectivity index (χ1n) is 6.91. The molecule has 4 heteroatoms. The Balaban J connectivity index is 1.98. The number of likely N-dealkylation sites (N-methyl/N-ethyl adjacent to an activating group) is 1. The lowest BCUT2D eigenvalue weighted by Crippen LogP contribution is -2.24. The Morgan fingerprint density at radius 2 is 1.86 bits per heavy atom. The molecule has 0 aliphatic rings. The van der Waals surface area contributed by atoms with Gasteiger partial charge >= 0.3 is 0 Å². The van der Waals surface area contributed by atoms with Crippen molar-refractivity contribution in [3.63, 3.8) is 0 Å². The van der Waals surface area contributed by atoms with E-state index in [1.54, 1.807) is 22.7 Å². The van der Waals surface area contributed by atoms with Gasteiger partial charge in [-0.05, 0) is 41.7 Å². The zero-order valence-electron chi connectivity index (χ0n) is 12.6. The van der Waals surface area contributed by atoms with E-state index in [2.05, 4.69) is 46.5 Å². The molecule has 0 saturated carbocycles. The van der Waals surface area contributed by atoms with Crippen LogP contribution in [0.2, 0.25) is 0 Å². The van der Waals surface area contributed by atoms with Crippen LogP contribution in [0.3, 0.4) is 0 Å². The van der Waals surface area contributed by atoms with E-state index in [1.807, 2.05) is 37.4 Å². The Labute approximate surface area is 144 Å². The topological polar surface area (TPSA) is 20.3 Å². The van der Waals surface area contributed by atoms with Crippen molar-refractivity contribution in [1.82, 2.24) is 4.90 Å². The molecule has 2 nitrogen and oxygen atoms in total. The van der Waals surface area contributed by atoms with Crippen LogP contribution >= 0.6 is 27.7 Å². The highest BCUT2D eigenvalue weighted by Gasteiger charge is 2.06. The molecule has 0 atom stereocenters. The molecule has 1 amide bonds. The fourth-order valence-corrected chi connectivity index (χ4v) is 2.81. The van der Waals surface area contributed by atoms with Crippen LogP contribution in [-0.2, 0) is 11.3 Å². The second kappa shape index (κ2) is 8.20. The van der Waals surface area contributed by atoms with Crippen molar-refractivity contribution in [2.24, 2.45) is 0 Å². The van der Waals surface area contributed by atoms with Crippen molar-refractivity contribution in [2.45, 2.75) is 11.4 Å². The van der Waals surface area contributed by atoms with E-state index in [0.29, 0.717) is 6.54 Å². The molecule has 0 spiro atoms. The van der Waals surface area contributed by atoms with E-state index in [4.69, 9.17) is 0 Å². The molecule has 0 heterocycles. The number of nitrogens with zero attached hydrogens (tertiary/aromatic N) is 1. The second-order valence-electron chi connectivity index (χ2n) is 4.90. The summed E-state index contributed by atoms with van der Waals surface area (Å²) < 4.78 is 0.981. The zero-order valence-corrected chi connectivity index (χ0v) is 15.0. The Bertz CT molecular complexity index is 667. The molecule has 0 aliphatic carbocycles. The summed E-state index contributed by atoms with van der Waals surface area (Å²) in [5.41, 5.74) is 2.12. The Morgan fingerprint density at radius 3 is 2.50 bits per heavy atom. The first kappa shape index (κ1) is 16.8. The highest BCUT2D eigenvalue weighted by molar-refractivity contribution is 9.10. The van der Waals surface area contributed by atoms with E-state index in [1.165, 1.54) is 4.90 Å². The number of carbonyl (C=O) groups is 1. The Kier molecular flexibility index (Phi) is 6.28. The maximum Gasteiger partial charge on any atom is 0.246 e. The first-order valence-corrected chi connectivity index (χ1v) is 8.92. The Morgan fingerprint density at radius 1 is 1.18 bits per heavy atom. The fraction of sp³-hybridized carbons (Fsp3) is 0.167.